The summed E-state index contributed by atoms with van der Waals surface area (Å²) >= 11 is 0. The number of unbranched alkanes of at least 4 members (excludes halogenated alkanes) is 18. The van der Waals surface area contributed by atoms with Crippen LogP contribution in [0.25, 0.3) is 0 Å². The Kier molecular flexibility index (Phi) is 47.0. The fourth-order valence-corrected chi connectivity index (χ4v) is 6.58. The van der Waals surface area contributed by atoms with Gasteiger partial charge in [-0.3, -0.25) is 14.4 Å². The number of hydrogen-bond acceptors (Lipinski definition) is 6. The summed E-state index contributed by atoms with van der Waals surface area (Å²) in [5.74, 6) is -0.985. The van der Waals surface area contributed by atoms with Crippen molar-refractivity contribution >= 4 is 17.9 Å². The molecule has 0 aliphatic carbocycles. The van der Waals surface area contributed by atoms with Crippen molar-refractivity contribution in [2.24, 2.45) is 0 Å². The molecule has 0 aromatic heterocycles. The second-order valence-electron chi connectivity index (χ2n) is 16.3. The summed E-state index contributed by atoms with van der Waals surface area (Å²) < 4.78 is 16.7. The second kappa shape index (κ2) is 50.0. The maximum atomic E-state index is 12.8. The maximum absolute atomic E-state index is 12.8. The second-order valence-corrected chi connectivity index (χ2v) is 16.3. The zero-order valence-electron chi connectivity index (χ0n) is 40.1. The van der Waals surface area contributed by atoms with E-state index in [2.05, 4.69) is 118 Å². The van der Waals surface area contributed by atoms with Gasteiger partial charge in [-0.25, -0.2) is 0 Å². The van der Waals surface area contributed by atoms with Gasteiger partial charge < -0.3 is 14.2 Å². The predicted octanol–water partition coefficient (Wildman–Crippen LogP) is 16.6. The summed E-state index contributed by atoms with van der Waals surface area (Å²) in [6.07, 6.45) is 65.4. The monoisotopic (exact) mass is 861 g/mol. The van der Waals surface area contributed by atoms with Gasteiger partial charge in [0.15, 0.2) is 6.10 Å². The Labute approximate surface area is 381 Å². The zero-order valence-corrected chi connectivity index (χ0v) is 40.1. The third-order valence-corrected chi connectivity index (χ3v) is 10.3. The van der Waals surface area contributed by atoms with Gasteiger partial charge in [-0.05, 0) is 109 Å². The van der Waals surface area contributed by atoms with Crippen molar-refractivity contribution in [2.75, 3.05) is 13.2 Å². The van der Waals surface area contributed by atoms with Gasteiger partial charge in [0.05, 0.1) is 0 Å². The number of esters is 3. The van der Waals surface area contributed by atoms with Gasteiger partial charge >= 0.3 is 17.9 Å². The first-order chi connectivity index (χ1) is 30.5. The lowest BCUT2D eigenvalue weighted by molar-refractivity contribution is -0.167. The van der Waals surface area contributed by atoms with E-state index in [1.807, 2.05) is 0 Å². The predicted molar refractivity (Wildman–Crippen MR) is 265 cm³/mol. The fourth-order valence-electron chi connectivity index (χ4n) is 6.58. The Morgan fingerprint density at radius 3 is 1.10 bits per heavy atom. The molecule has 0 amide bonds. The molecule has 0 radical (unpaired) electrons. The van der Waals surface area contributed by atoms with E-state index in [9.17, 15) is 14.4 Å². The largest absolute Gasteiger partial charge is 0.462 e. The lowest BCUT2D eigenvalue weighted by Gasteiger charge is -2.18. The van der Waals surface area contributed by atoms with Gasteiger partial charge in [-0.1, -0.05) is 189 Å². The highest BCUT2D eigenvalue weighted by atomic mass is 16.6. The molecule has 0 aliphatic rings. The van der Waals surface area contributed by atoms with Gasteiger partial charge in [0.2, 0.25) is 0 Å². The Balaban J connectivity index is 4.51. The minimum absolute atomic E-state index is 0.107. The standard InChI is InChI=1S/C56H92O6/c1-4-7-10-13-16-19-22-25-27-29-31-34-37-40-43-46-49-55(58)61-52-53(51-60-54(57)48-45-42-39-36-33-24-21-18-15-12-9-6-3)62-56(59)50-47-44-41-38-35-32-30-28-26-23-20-17-14-11-8-5-2/h7,9-10,12,16,18-19,21,25,27-28,30-32,34-35,53H,4-6,8,11,13-15,17,20,22-24,26,29,33,36-52H2,1-3H3/b10-7-,12-9-,19-16-,21-18-,27-25-,30-28-,34-31-,35-32-. The Morgan fingerprint density at radius 2 is 0.677 bits per heavy atom. The molecule has 1 unspecified atom stereocenters. The van der Waals surface area contributed by atoms with E-state index in [1.165, 1.54) is 44.9 Å². The number of carbonyl (C=O) groups is 3. The highest BCUT2D eigenvalue weighted by Crippen LogP contribution is 2.12. The van der Waals surface area contributed by atoms with Crippen LogP contribution in [0.4, 0.5) is 0 Å². The van der Waals surface area contributed by atoms with Crippen molar-refractivity contribution in [1.82, 2.24) is 0 Å². The van der Waals surface area contributed by atoms with Gasteiger partial charge in [0.25, 0.3) is 0 Å². The average Bonchev–Trinajstić information content (AvgIpc) is 3.27. The molecular formula is C56H92O6. The third-order valence-electron chi connectivity index (χ3n) is 10.3. The van der Waals surface area contributed by atoms with Crippen molar-refractivity contribution in [3.63, 3.8) is 0 Å². The van der Waals surface area contributed by atoms with Crippen LogP contribution in [-0.4, -0.2) is 37.2 Å². The van der Waals surface area contributed by atoms with Crippen molar-refractivity contribution in [2.45, 2.75) is 226 Å². The van der Waals surface area contributed by atoms with Crippen LogP contribution in [0.5, 0.6) is 0 Å². The summed E-state index contributed by atoms with van der Waals surface area (Å²) in [5, 5.41) is 0. The van der Waals surface area contributed by atoms with Crippen molar-refractivity contribution in [3.8, 4) is 0 Å². The molecule has 0 aromatic carbocycles. The van der Waals surface area contributed by atoms with Crippen LogP contribution in [0.1, 0.15) is 220 Å². The quantitative estimate of drug-likeness (QED) is 0.0200. The number of allylic oxidation sites excluding steroid dienone is 16. The first kappa shape index (κ1) is 58.3. The van der Waals surface area contributed by atoms with Crippen molar-refractivity contribution in [3.05, 3.63) is 97.2 Å². The highest BCUT2D eigenvalue weighted by molar-refractivity contribution is 5.71. The molecule has 6 heteroatoms. The smallest absolute Gasteiger partial charge is 0.306 e. The van der Waals surface area contributed by atoms with E-state index in [4.69, 9.17) is 14.2 Å². The van der Waals surface area contributed by atoms with Crippen LogP contribution < -0.4 is 0 Å². The third kappa shape index (κ3) is 47.4. The Bertz CT molecular complexity index is 1260. The summed E-state index contributed by atoms with van der Waals surface area (Å²) in [6, 6.07) is 0. The number of hydrogen-bond donors (Lipinski definition) is 0. The van der Waals surface area contributed by atoms with Crippen LogP contribution in [0.3, 0.4) is 0 Å². The van der Waals surface area contributed by atoms with Crippen LogP contribution in [0.2, 0.25) is 0 Å². The summed E-state index contributed by atoms with van der Waals surface area (Å²) in [7, 11) is 0. The van der Waals surface area contributed by atoms with E-state index in [1.54, 1.807) is 0 Å². The van der Waals surface area contributed by atoms with Gasteiger partial charge in [-0.15, -0.1) is 0 Å². The molecule has 0 spiro atoms. The summed E-state index contributed by atoms with van der Waals surface area (Å²) in [6.45, 7) is 6.33. The lowest BCUT2D eigenvalue weighted by Crippen LogP contribution is -2.30. The SMILES string of the molecule is CC/C=C\C/C=C\C/C=C\C/C=C\CCCCCC(=O)OCC(COC(=O)CCCCCCC/C=C\C/C=C\CC)OC(=O)CCCCC/C=C\C=C/CCCCCCCCC. The number of ether oxygens (including phenoxy) is 3. The van der Waals surface area contributed by atoms with E-state index >= 15 is 0 Å². The zero-order chi connectivity index (χ0) is 45.1. The summed E-state index contributed by atoms with van der Waals surface area (Å²) in [5.41, 5.74) is 0. The molecule has 352 valence electrons. The molecule has 0 saturated carbocycles. The van der Waals surface area contributed by atoms with E-state index in [-0.39, 0.29) is 37.5 Å². The van der Waals surface area contributed by atoms with Crippen LogP contribution in [0, 0.1) is 0 Å². The van der Waals surface area contributed by atoms with E-state index in [0.29, 0.717) is 12.8 Å². The molecule has 0 heterocycles. The van der Waals surface area contributed by atoms with Gasteiger partial charge in [0, 0.05) is 19.3 Å². The molecule has 0 saturated heterocycles. The molecule has 6 nitrogen and oxygen atoms in total. The molecule has 1 atom stereocenters. The lowest BCUT2D eigenvalue weighted by atomic mass is 10.1. The minimum atomic E-state index is -0.810. The average molecular weight is 861 g/mol. The van der Waals surface area contributed by atoms with Crippen LogP contribution in [0.15, 0.2) is 97.2 Å². The Hall–Kier alpha value is -3.67. The van der Waals surface area contributed by atoms with Gasteiger partial charge in [0.1, 0.15) is 13.2 Å². The van der Waals surface area contributed by atoms with E-state index in [0.717, 1.165) is 135 Å². The molecule has 62 heavy (non-hydrogen) atoms. The fraction of sp³-hybridized carbons (Fsp3) is 0.661. The van der Waals surface area contributed by atoms with Crippen molar-refractivity contribution in [1.29, 1.82) is 0 Å². The first-order valence-electron chi connectivity index (χ1n) is 25.3. The maximum Gasteiger partial charge on any atom is 0.306 e. The molecule has 0 bridgehead atoms. The summed E-state index contributed by atoms with van der Waals surface area (Å²) in [4.78, 5) is 37.9. The van der Waals surface area contributed by atoms with Gasteiger partial charge in [-0.2, -0.15) is 0 Å². The van der Waals surface area contributed by atoms with Crippen LogP contribution in [-0.2, 0) is 28.6 Å². The topological polar surface area (TPSA) is 78.9 Å². The Morgan fingerprint density at radius 1 is 0.355 bits per heavy atom. The number of rotatable bonds is 44. The number of carbonyl (C=O) groups excluding carboxylic acids is 3. The highest BCUT2D eigenvalue weighted by Gasteiger charge is 2.19. The van der Waals surface area contributed by atoms with Crippen molar-refractivity contribution < 1.29 is 28.6 Å². The molecule has 0 fully saturated rings. The minimum Gasteiger partial charge on any atom is -0.462 e. The first-order valence-corrected chi connectivity index (χ1v) is 25.3. The normalized spacial score (nSPS) is 12.9. The molecule has 0 aliphatic heterocycles. The molecule has 0 rings (SSSR count). The molecule has 0 N–H and O–H groups in total. The molecule has 0 aromatic rings. The van der Waals surface area contributed by atoms with E-state index < -0.39 is 6.10 Å². The van der Waals surface area contributed by atoms with Crippen LogP contribution >= 0.6 is 0 Å². The molecular weight excluding hydrogens is 769 g/mol.